The van der Waals surface area contributed by atoms with Crippen molar-refractivity contribution < 1.29 is 4.42 Å². The van der Waals surface area contributed by atoms with Crippen LogP contribution in [0.4, 0.5) is 0 Å². The van der Waals surface area contributed by atoms with E-state index in [-0.39, 0.29) is 0 Å². The molecule has 0 aliphatic rings. The fourth-order valence-electron chi connectivity index (χ4n) is 7.27. The second kappa shape index (κ2) is 11.4. The van der Waals surface area contributed by atoms with E-state index in [1.807, 2.05) is 72.8 Å². The van der Waals surface area contributed by atoms with Crippen molar-refractivity contribution in [3.63, 3.8) is 0 Å². The Bertz CT molecular complexity index is 2800. The van der Waals surface area contributed by atoms with Crippen LogP contribution in [0.5, 0.6) is 0 Å². The molecule has 0 spiro atoms. The van der Waals surface area contributed by atoms with E-state index in [1.54, 1.807) is 0 Å². The van der Waals surface area contributed by atoms with Crippen LogP contribution in [0.25, 0.3) is 94.7 Å². The molecule has 7 aromatic carbocycles. The largest absolute Gasteiger partial charge is 0.455 e. The molecule has 3 aromatic heterocycles. The number of hydrogen-bond donors (Lipinski definition) is 0. The first kappa shape index (κ1) is 28.2. The average Bonchev–Trinajstić information content (AvgIpc) is 3.75. The second-order valence-electron chi connectivity index (χ2n) is 12.4. The summed E-state index contributed by atoms with van der Waals surface area (Å²) in [6, 6.07) is 58.4. The Balaban J connectivity index is 1.22. The molecule has 10 rings (SSSR count). The van der Waals surface area contributed by atoms with Crippen LogP contribution in [0.2, 0.25) is 0 Å². The van der Waals surface area contributed by atoms with E-state index < -0.39 is 0 Å². The standard InChI is InChI=1S/C45H28N4O/c1-4-15-29(16-5-1)43-46-44(30-17-6-2-7-18-30)48-45(47-43)36-25-14-28-39-41(36)35-24-12-23-33(42(35)50-39)32-22-13-27-38-40(32)34-21-10-11-26-37(34)49(38)31-19-8-3-9-20-31/h1-28H. The second-order valence-corrected chi connectivity index (χ2v) is 12.4. The van der Waals surface area contributed by atoms with Gasteiger partial charge >= 0.3 is 0 Å². The van der Waals surface area contributed by atoms with Crippen molar-refractivity contribution in [1.82, 2.24) is 19.5 Å². The summed E-state index contributed by atoms with van der Waals surface area (Å²) in [6.07, 6.45) is 0. The van der Waals surface area contributed by atoms with Gasteiger partial charge < -0.3 is 8.98 Å². The van der Waals surface area contributed by atoms with Crippen LogP contribution in [-0.2, 0) is 0 Å². The molecular formula is C45H28N4O. The number of benzene rings is 7. The highest BCUT2D eigenvalue weighted by atomic mass is 16.3. The van der Waals surface area contributed by atoms with Gasteiger partial charge in [-0.25, -0.2) is 15.0 Å². The third-order valence-corrected chi connectivity index (χ3v) is 9.47. The van der Waals surface area contributed by atoms with Crippen LogP contribution in [0.15, 0.2) is 174 Å². The molecule has 5 nitrogen and oxygen atoms in total. The van der Waals surface area contributed by atoms with E-state index in [9.17, 15) is 0 Å². The topological polar surface area (TPSA) is 56.7 Å². The Labute approximate surface area is 287 Å². The third kappa shape index (κ3) is 4.45. The number of rotatable bonds is 5. The van der Waals surface area contributed by atoms with Crippen molar-refractivity contribution in [3.8, 4) is 51.0 Å². The van der Waals surface area contributed by atoms with Crippen molar-refractivity contribution in [1.29, 1.82) is 0 Å². The number of furan rings is 1. The van der Waals surface area contributed by atoms with Gasteiger partial charge in [-0.05, 0) is 35.9 Å². The van der Waals surface area contributed by atoms with E-state index in [0.717, 1.165) is 61.0 Å². The monoisotopic (exact) mass is 640 g/mol. The fourth-order valence-corrected chi connectivity index (χ4v) is 7.27. The molecule has 0 bridgehead atoms. The molecule has 234 valence electrons. The Hall–Kier alpha value is -6.85. The van der Waals surface area contributed by atoms with Crippen molar-refractivity contribution >= 4 is 43.7 Å². The molecule has 3 heterocycles. The first-order valence-corrected chi connectivity index (χ1v) is 16.7. The minimum Gasteiger partial charge on any atom is -0.455 e. The molecule has 50 heavy (non-hydrogen) atoms. The third-order valence-electron chi connectivity index (χ3n) is 9.47. The van der Waals surface area contributed by atoms with Crippen molar-refractivity contribution in [2.24, 2.45) is 0 Å². The van der Waals surface area contributed by atoms with Crippen LogP contribution < -0.4 is 0 Å². The molecule has 0 amide bonds. The number of nitrogens with zero attached hydrogens (tertiary/aromatic N) is 4. The van der Waals surface area contributed by atoms with Gasteiger partial charge in [-0.2, -0.15) is 0 Å². The Kier molecular flexibility index (Phi) is 6.42. The average molecular weight is 641 g/mol. The van der Waals surface area contributed by atoms with Crippen LogP contribution in [0.1, 0.15) is 0 Å². The van der Waals surface area contributed by atoms with Crippen LogP contribution in [-0.4, -0.2) is 19.5 Å². The normalized spacial score (nSPS) is 11.6. The summed E-state index contributed by atoms with van der Waals surface area (Å²) in [7, 11) is 0. The van der Waals surface area contributed by atoms with Gasteiger partial charge in [0.15, 0.2) is 17.5 Å². The van der Waals surface area contributed by atoms with Crippen molar-refractivity contribution in [2.45, 2.75) is 0 Å². The zero-order chi connectivity index (χ0) is 33.0. The molecule has 0 N–H and O–H groups in total. The van der Waals surface area contributed by atoms with Crippen molar-refractivity contribution in [3.05, 3.63) is 170 Å². The number of aromatic nitrogens is 4. The minimum atomic E-state index is 0.601. The molecule has 0 saturated heterocycles. The van der Waals surface area contributed by atoms with E-state index in [1.165, 1.54) is 16.3 Å². The Morgan fingerprint density at radius 3 is 1.66 bits per heavy atom. The molecule has 10 aromatic rings. The summed E-state index contributed by atoms with van der Waals surface area (Å²) < 4.78 is 9.15. The van der Waals surface area contributed by atoms with Gasteiger partial charge in [-0.3, -0.25) is 0 Å². The molecule has 5 heteroatoms. The first-order valence-electron chi connectivity index (χ1n) is 16.7. The van der Waals surface area contributed by atoms with Gasteiger partial charge in [0.05, 0.1) is 11.0 Å². The van der Waals surface area contributed by atoms with Crippen LogP contribution in [0, 0.1) is 0 Å². The highest BCUT2D eigenvalue weighted by Gasteiger charge is 2.22. The number of para-hydroxylation sites is 3. The highest BCUT2D eigenvalue weighted by molar-refractivity contribution is 6.20. The molecule has 0 aliphatic carbocycles. The van der Waals surface area contributed by atoms with E-state index >= 15 is 0 Å². The van der Waals surface area contributed by atoms with Gasteiger partial charge in [-0.1, -0.05) is 140 Å². The maximum absolute atomic E-state index is 6.80. The summed E-state index contributed by atoms with van der Waals surface area (Å²) in [5.41, 5.74) is 9.98. The van der Waals surface area contributed by atoms with Gasteiger partial charge in [0.1, 0.15) is 11.2 Å². The summed E-state index contributed by atoms with van der Waals surface area (Å²) in [4.78, 5) is 15.0. The molecule has 0 aliphatic heterocycles. The molecule has 0 radical (unpaired) electrons. The highest BCUT2D eigenvalue weighted by Crippen LogP contribution is 2.44. The SMILES string of the molecule is c1ccc(-c2nc(-c3ccccc3)nc(-c3cccc4oc5c(-c6cccc7c6c6ccccc6n7-c6ccccc6)cccc5c34)n2)cc1. The summed E-state index contributed by atoms with van der Waals surface area (Å²) in [5, 5.41) is 4.38. The fraction of sp³-hybridized carbons (Fsp3) is 0. The van der Waals surface area contributed by atoms with E-state index in [0.29, 0.717) is 17.5 Å². The maximum Gasteiger partial charge on any atom is 0.164 e. The van der Waals surface area contributed by atoms with Gasteiger partial charge in [0.25, 0.3) is 0 Å². The van der Waals surface area contributed by atoms with E-state index in [4.69, 9.17) is 19.4 Å². The van der Waals surface area contributed by atoms with Gasteiger partial charge in [0.2, 0.25) is 0 Å². The lowest BCUT2D eigenvalue weighted by molar-refractivity contribution is 0.670. The van der Waals surface area contributed by atoms with Gasteiger partial charge in [-0.15, -0.1) is 0 Å². The molecular weight excluding hydrogens is 613 g/mol. The van der Waals surface area contributed by atoms with Crippen LogP contribution >= 0.6 is 0 Å². The molecule has 0 saturated carbocycles. The quantitative estimate of drug-likeness (QED) is 0.188. The van der Waals surface area contributed by atoms with Crippen molar-refractivity contribution in [2.75, 3.05) is 0 Å². The molecule has 0 fully saturated rings. The Morgan fingerprint density at radius 2 is 0.920 bits per heavy atom. The predicted molar refractivity (Wildman–Crippen MR) is 203 cm³/mol. The lowest BCUT2D eigenvalue weighted by Crippen LogP contribution is -2.00. The lowest BCUT2D eigenvalue weighted by atomic mass is 9.97. The molecule has 0 atom stereocenters. The van der Waals surface area contributed by atoms with Crippen LogP contribution in [0.3, 0.4) is 0 Å². The smallest absolute Gasteiger partial charge is 0.164 e. The molecule has 0 unspecified atom stereocenters. The minimum absolute atomic E-state index is 0.601. The predicted octanol–water partition coefficient (Wildman–Crippen LogP) is 11.5. The van der Waals surface area contributed by atoms with E-state index in [2.05, 4.69) is 102 Å². The number of fused-ring (bicyclic) bond motifs is 6. The Morgan fingerprint density at radius 1 is 0.380 bits per heavy atom. The summed E-state index contributed by atoms with van der Waals surface area (Å²) >= 11 is 0. The maximum atomic E-state index is 6.80. The first-order chi connectivity index (χ1) is 24.8. The zero-order valence-electron chi connectivity index (χ0n) is 26.9. The summed E-state index contributed by atoms with van der Waals surface area (Å²) in [6.45, 7) is 0. The van der Waals surface area contributed by atoms with Gasteiger partial charge in [0, 0.05) is 49.5 Å². The summed E-state index contributed by atoms with van der Waals surface area (Å²) in [5.74, 6) is 1.85. The number of hydrogen-bond acceptors (Lipinski definition) is 4. The zero-order valence-corrected chi connectivity index (χ0v) is 26.9. The lowest BCUT2D eigenvalue weighted by Gasteiger charge is -2.09.